The summed E-state index contributed by atoms with van der Waals surface area (Å²) in [6, 6.07) is 17.9. The van der Waals surface area contributed by atoms with Crippen molar-refractivity contribution in [1.82, 2.24) is 14.8 Å². The van der Waals surface area contributed by atoms with Crippen molar-refractivity contribution in [3.63, 3.8) is 0 Å². The quantitative estimate of drug-likeness (QED) is 0.368. The molecule has 1 heterocycles. The molecule has 0 saturated carbocycles. The minimum absolute atomic E-state index is 0.285. The van der Waals surface area contributed by atoms with E-state index in [1.54, 1.807) is 11.8 Å². The van der Waals surface area contributed by atoms with Crippen LogP contribution in [0.15, 0.2) is 59.8 Å². The van der Waals surface area contributed by atoms with Crippen LogP contribution in [0, 0.1) is 5.92 Å². The maximum atomic E-state index is 11.8. The Hall–Kier alpha value is -2.60. The molecule has 0 aliphatic carbocycles. The van der Waals surface area contributed by atoms with Gasteiger partial charge in [-0.2, -0.15) is 0 Å². The zero-order valence-electron chi connectivity index (χ0n) is 17.2. The van der Waals surface area contributed by atoms with Gasteiger partial charge in [0.25, 0.3) is 0 Å². The third kappa shape index (κ3) is 5.94. The normalized spacial score (nSPS) is 11.0. The van der Waals surface area contributed by atoms with Gasteiger partial charge in [-0.25, -0.2) is 4.79 Å². The van der Waals surface area contributed by atoms with E-state index >= 15 is 0 Å². The monoisotopic (exact) mass is 409 g/mol. The molecule has 5 nitrogen and oxygen atoms in total. The summed E-state index contributed by atoms with van der Waals surface area (Å²) in [5, 5.41) is 9.82. The van der Waals surface area contributed by atoms with Gasteiger partial charge in [0.2, 0.25) is 0 Å². The molecule has 0 unspecified atom stereocenters. The van der Waals surface area contributed by atoms with E-state index in [1.165, 1.54) is 5.56 Å². The first-order valence-electron chi connectivity index (χ1n) is 9.91. The van der Waals surface area contributed by atoms with Crippen LogP contribution in [-0.2, 0) is 23.5 Å². The second-order valence-electron chi connectivity index (χ2n) is 7.27. The second kappa shape index (κ2) is 10.3. The smallest absolute Gasteiger partial charge is 0.338 e. The topological polar surface area (TPSA) is 57.0 Å². The number of hydrogen-bond donors (Lipinski definition) is 0. The van der Waals surface area contributed by atoms with Crippen molar-refractivity contribution in [3.05, 3.63) is 77.1 Å². The zero-order chi connectivity index (χ0) is 20.6. The molecule has 3 aromatic rings. The van der Waals surface area contributed by atoms with E-state index < -0.39 is 0 Å². The van der Waals surface area contributed by atoms with Gasteiger partial charge in [-0.1, -0.05) is 68.1 Å². The Labute approximate surface area is 176 Å². The molecular formula is C23H27N3O2S. The summed E-state index contributed by atoms with van der Waals surface area (Å²) in [6.07, 6.45) is 0.897. The van der Waals surface area contributed by atoms with E-state index in [0.29, 0.717) is 18.1 Å². The number of rotatable bonds is 9. The molecule has 2 aromatic carbocycles. The third-order valence-electron chi connectivity index (χ3n) is 4.40. The molecule has 29 heavy (non-hydrogen) atoms. The summed E-state index contributed by atoms with van der Waals surface area (Å²) in [5.74, 6) is 2.01. The number of hydrogen-bond acceptors (Lipinski definition) is 5. The molecule has 0 spiro atoms. The SMILES string of the molecule is CCOC(=O)c1ccc(CSc2nnc(CC(C)C)n2Cc2ccccc2)cc1. The zero-order valence-corrected chi connectivity index (χ0v) is 18.0. The fourth-order valence-corrected chi connectivity index (χ4v) is 3.88. The Morgan fingerprint density at radius 1 is 1.03 bits per heavy atom. The third-order valence-corrected chi connectivity index (χ3v) is 5.44. The first kappa shape index (κ1) is 21.1. The van der Waals surface area contributed by atoms with Crippen LogP contribution in [0.4, 0.5) is 0 Å². The standard InChI is InChI=1S/C23H27N3O2S/c1-4-28-22(27)20-12-10-19(11-13-20)16-29-23-25-24-21(14-17(2)3)26(23)15-18-8-6-5-7-9-18/h5-13,17H,4,14-16H2,1-3H3. The summed E-state index contributed by atoms with van der Waals surface area (Å²) < 4.78 is 7.25. The highest BCUT2D eigenvalue weighted by molar-refractivity contribution is 7.98. The van der Waals surface area contributed by atoms with Crippen molar-refractivity contribution in [1.29, 1.82) is 0 Å². The Balaban J connectivity index is 1.73. The van der Waals surface area contributed by atoms with Gasteiger partial charge in [-0.3, -0.25) is 0 Å². The predicted molar refractivity (Wildman–Crippen MR) is 116 cm³/mol. The lowest BCUT2D eigenvalue weighted by Crippen LogP contribution is -2.09. The molecule has 1 aromatic heterocycles. The summed E-state index contributed by atoms with van der Waals surface area (Å²) in [5.41, 5.74) is 2.94. The van der Waals surface area contributed by atoms with Crippen LogP contribution >= 0.6 is 11.8 Å². The highest BCUT2D eigenvalue weighted by atomic mass is 32.2. The molecule has 6 heteroatoms. The number of carbonyl (C=O) groups excluding carboxylic acids is 1. The molecule has 0 N–H and O–H groups in total. The number of aromatic nitrogens is 3. The fraction of sp³-hybridized carbons (Fsp3) is 0.348. The molecule has 3 rings (SSSR count). The van der Waals surface area contributed by atoms with Crippen molar-refractivity contribution in [2.45, 2.75) is 44.6 Å². The van der Waals surface area contributed by atoms with E-state index in [4.69, 9.17) is 4.74 Å². The van der Waals surface area contributed by atoms with Gasteiger partial charge in [-0.15, -0.1) is 10.2 Å². The van der Waals surface area contributed by atoms with Crippen LogP contribution in [0.5, 0.6) is 0 Å². The van der Waals surface area contributed by atoms with E-state index in [0.717, 1.165) is 35.3 Å². The summed E-state index contributed by atoms with van der Waals surface area (Å²) in [4.78, 5) is 11.8. The molecule has 0 aliphatic rings. The predicted octanol–water partition coefficient (Wildman–Crippen LogP) is 4.99. The van der Waals surface area contributed by atoms with Crippen LogP contribution in [-0.4, -0.2) is 27.3 Å². The molecule has 0 aliphatic heterocycles. The summed E-state index contributed by atoms with van der Waals surface area (Å²) in [6.45, 7) is 7.34. The number of thioether (sulfide) groups is 1. The van der Waals surface area contributed by atoms with Gasteiger partial charge in [0.05, 0.1) is 18.7 Å². The number of esters is 1. The Bertz CT molecular complexity index is 921. The molecular weight excluding hydrogens is 382 g/mol. The van der Waals surface area contributed by atoms with E-state index in [-0.39, 0.29) is 5.97 Å². The minimum atomic E-state index is -0.285. The summed E-state index contributed by atoms with van der Waals surface area (Å²) >= 11 is 1.66. The van der Waals surface area contributed by atoms with Crippen molar-refractivity contribution < 1.29 is 9.53 Å². The molecule has 0 fully saturated rings. The van der Waals surface area contributed by atoms with Crippen LogP contribution in [0.3, 0.4) is 0 Å². The van der Waals surface area contributed by atoms with E-state index in [1.807, 2.05) is 37.3 Å². The van der Waals surface area contributed by atoms with Crippen LogP contribution in [0.25, 0.3) is 0 Å². The Kier molecular flexibility index (Phi) is 7.47. The highest BCUT2D eigenvalue weighted by Crippen LogP contribution is 2.24. The van der Waals surface area contributed by atoms with E-state index in [2.05, 4.69) is 52.9 Å². The van der Waals surface area contributed by atoms with Gasteiger partial charge >= 0.3 is 5.97 Å². The van der Waals surface area contributed by atoms with Crippen LogP contribution < -0.4 is 0 Å². The van der Waals surface area contributed by atoms with Gasteiger partial charge < -0.3 is 9.30 Å². The number of ether oxygens (including phenoxy) is 1. The lowest BCUT2D eigenvalue weighted by Gasteiger charge is -2.12. The largest absolute Gasteiger partial charge is 0.462 e. The lowest BCUT2D eigenvalue weighted by molar-refractivity contribution is 0.0526. The van der Waals surface area contributed by atoms with Crippen LogP contribution in [0.1, 0.15) is 48.1 Å². The van der Waals surface area contributed by atoms with Gasteiger partial charge in [0.1, 0.15) is 5.82 Å². The molecule has 0 atom stereocenters. The first-order valence-corrected chi connectivity index (χ1v) is 10.9. The Morgan fingerprint density at radius 3 is 2.41 bits per heavy atom. The van der Waals surface area contributed by atoms with Gasteiger partial charge in [0, 0.05) is 12.2 Å². The first-order chi connectivity index (χ1) is 14.1. The molecule has 0 amide bonds. The molecule has 0 radical (unpaired) electrons. The van der Waals surface area contributed by atoms with Crippen molar-refractivity contribution >= 4 is 17.7 Å². The number of benzene rings is 2. The maximum absolute atomic E-state index is 11.8. The van der Waals surface area contributed by atoms with E-state index in [9.17, 15) is 4.79 Å². The molecule has 152 valence electrons. The summed E-state index contributed by atoms with van der Waals surface area (Å²) in [7, 11) is 0. The van der Waals surface area contributed by atoms with Crippen molar-refractivity contribution in [3.8, 4) is 0 Å². The van der Waals surface area contributed by atoms with Crippen molar-refractivity contribution in [2.24, 2.45) is 5.92 Å². The Morgan fingerprint density at radius 2 is 1.76 bits per heavy atom. The molecule has 0 bridgehead atoms. The average molecular weight is 410 g/mol. The maximum Gasteiger partial charge on any atom is 0.338 e. The highest BCUT2D eigenvalue weighted by Gasteiger charge is 2.15. The molecule has 0 saturated heterocycles. The number of nitrogens with zero attached hydrogens (tertiary/aromatic N) is 3. The van der Waals surface area contributed by atoms with Crippen molar-refractivity contribution in [2.75, 3.05) is 6.61 Å². The fourth-order valence-electron chi connectivity index (χ4n) is 2.97. The van der Waals surface area contributed by atoms with Gasteiger partial charge in [0.15, 0.2) is 5.16 Å². The number of carbonyl (C=O) groups is 1. The minimum Gasteiger partial charge on any atom is -0.462 e. The van der Waals surface area contributed by atoms with Crippen LogP contribution in [0.2, 0.25) is 0 Å². The average Bonchev–Trinajstić information content (AvgIpc) is 3.08. The van der Waals surface area contributed by atoms with Gasteiger partial charge in [-0.05, 0) is 36.1 Å². The second-order valence-corrected chi connectivity index (χ2v) is 8.22. The lowest BCUT2D eigenvalue weighted by atomic mass is 10.1.